The van der Waals surface area contributed by atoms with Gasteiger partial charge in [0.15, 0.2) is 0 Å². The van der Waals surface area contributed by atoms with Gasteiger partial charge < -0.3 is 5.11 Å². The van der Waals surface area contributed by atoms with Gasteiger partial charge in [-0.2, -0.15) is 43.9 Å². The maximum Gasteiger partial charge on any atom is 0.410 e. The van der Waals surface area contributed by atoms with E-state index in [1.165, 1.54) is 0 Å². The van der Waals surface area contributed by atoms with E-state index in [1.807, 2.05) is 0 Å². The largest absolute Gasteiger partial charge is 0.477 e. The van der Waals surface area contributed by atoms with Crippen molar-refractivity contribution in [3.8, 4) is 0 Å². The molecule has 0 saturated heterocycles. The number of hydrogen-bond acceptors (Lipinski definition) is 1. The number of aliphatic carboxylic acids is 1. The Hall–Kier alpha value is -0.370. The van der Waals surface area contributed by atoms with Crippen molar-refractivity contribution in [2.24, 2.45) is 0 Å². The Kier molecular flexibility index (Phi) is 6.80. The summed E-state index contributed by atoms with van der Waals surface area (Å²) in [5.41, 5.74) is 0. The van der Waals surface area contributed by atoms with Gasteiger partial charge in [-0.1, -0.05) is 0 Å². The van der Waals surface area contributed by atoms with Crippen LogP contribution in [0.1, 0.15) is 0 Å². The minimum absolute atomic E-state index is 0. The Morgan fingerprint density at radius 1 is 0.727 bits per heavy atom. The van der Waals surface area contributed by atoms with Crippen LogP contribution in [-0.4, -0.2) is 76.7 Å². The summed E-state index contributed by atoms with van der Waals surface area (Å²) in [7, 11) is 0. The molecule has 0 aromatic rings. The Balaban J connectivity index is 0. The summed E-state index contributed by atoms with van der Waals surface area (Å²) in [6.45, 7) is 0. The predicted molar refractivity (Wildman–Crippen MR) is 44.1 cm³/mol. The first-order chi connectivity index (χ1) is 8.89. The molecule has 0 amide bonds. The van der Waals surface area contributed by atoms with Crippen LogP contribution in [0.2, 0.25) is 0 Å². The van der Waals surface area contributed by atoms with E-state index in [1.54, 1.807) is 0 Å². The van der Waals surface area contributed by atoms with E-state index in [0.717, 1.165) is 0 Å². The van der Waals surface area contributed by atoms with Crippen LogP contribution in [0.25, 0.3) is 0 Å². The molecular formula is C7H2F12NaO2. The second-order valence-corrected chi connectivity index (χ2v) is 3.53. The SMILES string of the molecule is O=C(O)C(F)(F)C(F)(F)C(F)(F)C(F)(F)C(F)(F)C(F)F.[Na]. The van der Waals surface area contributed by atoms with Gasteiger partial charge in [-0.3, -0.25) is 0 Å². The molecule has 22 heavy (non-hydrogen) atoms. The number of halogens is 12. The van der Waals surface area contributed by atoms with Crippen LogP contribution >= 0.6 is 0 Å². The molecule has 0 rings (SSSR count). The van der Waals surface area contributed by atoms with Crippen molar-refractivity contribution in [2.75, 3.05) is 0 Å². The minimum Gasteiger partial charge on any atom is -0.477 e. The summed E-state index contributed by atoms with van der Waals surface area (Å²) in [4.78, 5) is 9.68. The van der Waals surface area contributed by atoms with Crippen LogP contribution in [0.4, 0.5) is 52.7 Å². The van der Waals surface area contributed by atoms with Crippen LogP contribution in [0, 0.1) is 0 Å². The molecule has 127 valence electrons. The molecule has 0 bridgehead atoms. The molecule has 0 aromatic carbocycles. The van der Waals surface area contributed by atoms with E-state index >= 15 is 0 Å². The van der Waals surface area contributed by atoms with Crippen molar-refractivity contribution in [1.82, 2.24) is 0 Å². The number of carbonyl (C=O) groups is 1. The second kappa shape index (κ2) is 6.26. The van der Waals surface area contributed by atoms with E-state index in [-0.39, 0.29) is 29.6 Å². The van der Waals surface area contributed by atoms with Gasteiger partial charge in [0.25, 0.3) is 0 Å². The zero-order valence-electron chi connectivity index (χ0n) is 9.97. The Morgan fingerprint density at radius 2 is 1.05 bits per heavy atom. The summed E-state index contributed by atoms with van der Waals surface area (Å²) < 4.78 is 148. The van der Waals surface area contributed by atoms with Gasteiger partial charge in [0.05, 0.1) is 0 Å². The van der Waals surface area contributed by atoms with E-state index in [2.05, 4.69) is 0 Å². The summed E-state index contributed by atoms with van der Waals surface area (Å²) in [5, 5.41) is 7.57. The van der Waals surface area contributed by atoms with E-state index < -0.39 is 42.0 Å². The molecule has 0 unspecified atom stereocenters. The summed E-state index contributed by atoms with van der Waals surface area (Å²) in [6.07, 6.45) is -5.62. The van der Waals surface area contributed by atoms with Gasteiger partial charge in [-0.25, -0.2) is 13.6 Å². The van der Waals surface area contributed by atoms with Crippen LogP contribution in [-0.2, 0) is 4.79 Å². The van der Waals surface area contributed by atoms with Gasteiger partial charge in [0, 0.05) is 29.6 Å². The first-order valence-corrected chi connectivity index (χ1v) is 4.29. The van der Waals surface area contributed by atoms with Crippen molar-refractivity contribution >= 4 is 35.5 Å². The van der Waals surface area contributed by atoms with Gasteiger partial charge in [0.1, 0.15) is 0 Å². The second-order valence-electron chi connectivity index (χ2n) is 3.53. The average molecular weight is 369 g/mol. The van der Waals surface area contributed by atoms with Crippen LogP contribution in [0.3, 0.4) is 0 Å². The third-order valence-corrected chi connectivity index (χ3v) is 2.14. The third kappa shape index (κ3) is 3.00. The molecule has 2 nitrogen and oxygen atoms in total. The van der Waals surface area contributed by atoms with E-state index in [0.29, 0.717) is 0 Å². The molecule has 0 aliphatic heterocycles. The zero-order chi connectivity index (χ0) is 17.7. The number of carboxylic acid groups (broad SMARTS) is 1. The standard InChI is InChI=1S/C7H2F12O2.Na/c8-1(9)3(10,11)5(14,15)7(18,19)6(16,17)4(12,13)2(20)21;/h1H,(H,20,21);. The first-order valence-electron chi connectivity index (χ1n) is 4.29. The first kappa shape index (κ1) is 23.9. The summed E-state index contributed by atoms with van der Waals surface area (Å²) in [6, 6.07) is 0. The van der Waals surface area contributed by atoms with Gasteiger partial charge in [-0.15, -0.1) is 0 Å². The molecule has 0 aliphatic carbocycles. The van der Waals surface area contributed by atoms with Gasteiger partial charge >= 0.3 is 42.0 Å². The number of hydrogen-bond donors (Lipinski definition) is 1. The fourth-order valence-electron chi connectivity index (χ4n) is 0.875. The molecule has 0 heterocycles. The predicted octanol–water partition coefficient (Wildman–Crippen LogP) is 3.13. The monoisotopic (exact) mass is 369 g/mol. The minimum atomic E-state index is -7.80. The molecule has 0 atom stereocenters. The van der Waals surface area contributed by atoms with Gasteiger partial charge in [-0.05, 0) is 0 Å². The third-order valence-electron chi connectivity index (χ3n) is 2.14. The molecule has 0 aromatic heterocycles. The van der Waals surface area contributed by atoms with Crippen LogP contribution < -0.4 is 0 Å². The van der Waals surface area contributed by atoms with Crippen molar-refractivity contribution in [2.45, 2.75) is 36.0 Å². The molecule has 0 aliphatic rings. The molecule has 15 heteroatoms. The molecule has 0 spiro atoms. The number of alkyl halides is 12. The van der Waals surface area contributed by atoms with Crippen molar-refractivity contribution in [1.29, 1.82) is 0 Å². The maximum absolute atomic E-state index is 12.6. The average Bonchev–Trinajstić information content (AvgIpc) is 2.27. The Labute approximate surface area is 134 Å². The van der Waals surface area contributed by atoms with E-state index in [4.69, 9.17) is 5.11 Å². The quantitative estimate of drug-likeness (QED) is 0.577. The molecule has 0 fully saturated rings. The molecule has 1 N–H and O–H groups in total. The van der Waals surface area contributed by atoms with Gasteiger partial charge in [0.2, 0.25) is 0 Å². The smallest absolute Gasteiger partial charge is 0.410 e. The van der Waals surface area contributed by atoms with E-state index in [9.17, 15) is 57.5 Å². The zero-order valence-corrected chi connectivity index (χ0v) is 12.0. The topological polar surface area (TPSA) is 37.3 Å². The van der Waals surface area contributed by atoms with Crippen LogP contribution in [0.15, 0.2) is 0 Å². The maximum atomic E-state index is 12.6. The fraction of sp³-hybridized carbons (Fsp3) is 0.857. The van der Waals surface area contributed by atoms with Crippen LogP contribution in [0.5, 0.6) is 0 Å². The Morgan fingerprint density at radius 3 is 1.27 bits per heavy atom. The summed E-state index contributed by atoms with van der Waals surface area (Å²) in [5.74, 6) is -41.2. The molecule has 0 saturated carbocycles. The number of rotatable bonds is 6. The van der Waals surface area contributed by atoms with Crippen molar-refractivity contribution < 1.29 is 62.6 Å². The number of carboxylic acids is 1. The molecular weight excluding hydrogens is 367 g/mol. The van der Waals surface area contributed by atoms with Crippen molar-refractivity contribution in [3.05, 3.63) is 0 Å². The normalized spacial score (nSPS) is 14.8. The molecule has 1 radical (unpaired) electrons. The summed E-state index contributed by atoms with van der Waals surface area (Å²) >= 11 is 0. The Bertz CT molecular complexity index is 420. The van der Waals surface area contributed by atoms with Crippen molar-refractivity contribution in [3.63, 3.8) is 0 Å². The fourth-order valence-corrected chi connectivity index (χ4v) is 0.875.